The van der Waals surface area contributed by atoms with E-state index in [0.29, 0.717) is 22.2 Å². The van der Waals surface area contributed by atoms with Gasteiger partial charge in [-0.2, -0.15) is 23.4 Å². The predicted molar refractivity (Wildman–Crippen MR) is 127 cm³/mol. The number of nitrogens with one attached hydrogen (secondary N) is 2. The van der Waals surface area contributed by atoms with Gasteiger partial charge in [-0.15, -0.1) is 0 Å². The molecule has 0 saturated carbocycles. The molecule has 4 rings (SSSR count). The molecule has 15 heteroatoms. The average Bonchev–Trinajstić information content (AvgIpc) is 3.16. The van der Waals surface area contributed by atoms with Crippen LogP contribution in [0.25, 0.3) is 16.6 Å². The van der Waals surface area contributed by atoms with Gasteiger partial charge in [-0.25, -0.2) is 33.8 Å². The van der Waals surface area contributed by atoms with Crippen molar-refractivity contribution in [3.63, 3.8) is 0 Å². The summed E-state index contributed by atoms with van der Waals surface area (Å²) in [5.74, 6) is -3.92. The molecule has 0 aliphatic carbocycles. The minimum atomic E-state index is -4.71. The number of hydrogen-bond donors (Lipinski definition) is 3. The Labute approximate surface area is 214 Å². The van der Waals surface area contributed by atoms with Crippen LogP contribution in [0.2, 0.25) is 0 Å². The molecular formula is C22H17BrF5N9. The van der Waals surface area contributed by atoms with Crippen molar-refractivity contribution in [1.82, 2.24) is 24.6 Å². The van der Waals surface area contributed by atoms with Gasteiger partial charge >= 0.3 is 6.18 Å². The highest BCUT2D eigenvalue weighted by Crippen LogP contribution is 2.44. The monoisotopic (exact) mass is 581 g/mol. The van der Waals surface area contributed by atoms with E-state index in [9.17, 15) is 22.0 Å². The number of rotatable bonds is 7. The Morgan fingerprint density at radius 1 is 1.22 bits per heavy atom. The van der Waals surface area contributed by atoms with Gasteiger partial charge in [-0.3, -0.25) is 0 Å². The summed E-state index contributed by atoms with van der Waals surface area (Å²) in [6.07, 6.45) is 0.289. The summed E-state index contributed by atoms with van der Waals surface area (Å²) in [5, 5.41) is 10.7. The minimum absolute atomic E-state index is 0.0416. The summed E-state index contributed by atoms with van der Waals surface area (Å²) in [6.45, 7) is 1.82. The molecule has 0 bridgehead atoms. The second kappa shape index (κ2) is 10.2. The molecule has 1 unspecified atom stereocenters. The van der Waals surface area contributed by atoms with Crippen LogP contribution in [-0.2, 0) is 6.18 Å². The van der Waals surface area contributed by atoms with Gasteiger partial charge in [-0.05, 0) is 34.5 Å². The SMILES string of the molecule is CCC(/C(=C/Nc1ccc(F)c(F)c1)N=N)c1c(Br)c(-c2cnc(C(F)(F)F)nc2)c2c(N)ncnn12. The number of anilines is 2. The van der Waals surface area contributed by atoms with Gasteiger partial charge in [-0.1, -0.05) is 6.92 Å². The number of hydrogen-bond acceptors (Lipinski definition) is 8. The van der Waals surface area contributed by atoms with Crippen LogP contribution in [0.3, 0.4) is 0 Å². The highest BCUT2D eigenvalue weighted by Gasteiger charge is 2.35. The number of nitrogens with two attached hydrogens (primary N) is 1. The normalized spacial score (nSPS) is 13.1. The molecule has 1 atom stereocenters. The largest absolute Gasteiger partial charge is 0.451 e. The number of halogens is 6. The number of nitrogens with zero attached hydrogens (tertiary/aromatic N) is 6. The summed E-state index contributed by atoms with van der Waals surface area (Å²) >= 11 is 3.51. The third-order valence-corrected chi connectivity index (χ3v) is 6.26. The fourth-order valence-electron chi connectivity index (χ4n) is 3.77. The minimum Gasteiger partial charge on any atom is -0.382 e. The Hall–Kier alpha value is -4.01. The standard InChI is InChI=1S/C22H17BrF5N9/c1-2-12(15(36-30)8-31-11-3-4-13(24)14(25)5-11)18-17(23)16(19-20(29)34-9-35-37(18)19)10-6-32-21(33-7-10)22(26,27)28/h3-9,12,30-31H,2H2,1H3,(H2,29,34,35)/b15-8-,36-30?. The van der Waals surface area contributed by atoms with Crippen molar-refractivity contribution in [2.24, 2.45) is 5.11 Å². The van der Waals surface area contributed by atoms with E-state index < -0.39 is 29.6 Å². The molecule has 0 radical (unpaired) electrons. The number of nitrogen functional groups attached to an aromatic ring is 1. The predicted octanol–water partition coefficient (Wildman–Crippen LogP) is 6.31. The molecule has 1 aromatic carbocycles. The van der Waals surface area contributed by atoms with Gasteiger partial charge in [0.15, 0.2) is 17.5 Å². The van der Waals surface area contributed by atoms with Crippen molar-refractivity contribution < 1.29 is 22.0 Å². The second-order valence-corrected chi connectivity index (χ2v) is 8.48. The van der Waals surface area contributed by atoms with E-state index in [2.05, 4.69) is 46.4 Å². The van der Waals surface area contributed by atoms with Crippen molar-refractivity contribution in [3.8, 4) is 11.1 Å². The molecule has 0 amide bonds. The van der Waals surface area contributed by atoms with E-state index in [1.165, 1.54) is 23.1 Å². The number of benzene rings is 1. The first-order valence-corrected chi connectivity index (χ1v) is 11.3. The molecule has 3 heterocycles. The van der Waals surface area contributed by atoms with Gasteiger partial charge in [0.1, 0.15) is 11.8 Å². The average molecular weight is 582 g/mol. The van der Waals surface area contributed by atoms with E-state index in [4.69, 9.17) is 11.3 Å². The van der Waals surface area contributed by atoms with Crippen LogP contribution in [0.1, 0.15) is 30.8 Å². The van der Waals surface area contributed by atoms with E-state index in [1.807, 2.05) is 6.92 Å². The number of allylic oxidation sites excluding steroid dienone is 1. The van der Waals surface area contributed by atoms with Crippen LogP contribution in [0.5, 0.6) is 0 Å². The lowest BCUT2D eigenvalue weighted by atomic mass is 9.98. The maximum Gasteiger partial charge on any atom is 0.451 e. The Kier molecular flexibility index (Phi) is 7.16. The lowest BCUT2D eigenvalue weighted by molar-refractivity contribution is -0.144. The first-order valence-electron chi connectivity index (χ1n) is 10.6. The summed E-state index contributed by atoms with van der Waals surface area (Å²) < 4.78 is 67.6. The molecule has 192 valence electrons. The molecule has 0 aliphatic heterocycles. The molecule has 37 heavy (non-hydrogen) atoms. The zero-order valence-corrected chi connectivity index (χ0v) is 20.4. The van der Waals surface area contributed by atoms with Crippen molar-refractivity contribution in [2.75, 3.05) is 11.1 Å². The van der Waals surface area contributed by atoms with Crippen LogP contribution in [-0.4, -0.2) is 24.6 Å². The van der Waals surface area contributed by atoms with Crippen molar-refractivity contribution in [2.45, 2.75) is 25.4 Å². The zero-order chi connectivity index (χ0) is 26.9. The molecule has 3 aromatic heterocycles. The quantitative estimate of drug-likeness (QED) is 0.173. The fraction of sp³-hybridized carbons (Fsp3) is 0.182. The van der Waals surface area contributed by atoms with Crippen LogP contribution in [0, 0.1) is 17.2 Å². The van der Waals surface area contributed by atoms with Gasteiger partial charge in [0, 0.05) is 47.4 Å². The molecule has 0 spiro atoms. The molecule has 0 aliphatic rings. The summed E-state index contributed by atoms with van der Waals surface area (Å²) in [5.41, 5.74) is 15.6. The molecule has 0 saturated heterocycles. The van der Waals surface area contributed by atoms with Crippen LogP contribution < -0.4 is 11.1 Å². The highest BCUT2D eigenvalue weighted by molar-refractivity contribution is 9.10. The lowest BCUT2D eigenvalue weighted by Gasteiger charge is -2.16. The first-order chi connectivity index (χ1) is 17.6. The molecule has 9 nitrogen and oxygen atoms in total. The Morgan fingerprint density at radius 3 is 2.51 bits per heavy atom. The maximum atomic E-state index is 13.6. The lowest BCUT2D eigenvalue weighted by Crippen LogP contribution is -2.10. The molecule has 4 N–H and O–H groups in total. The topological polar surface area (TPSA) is 130 Å². The van der Waals surface area contributed by atoms with Crippen LogP contribution in [0.4, 0.5) is 33.5 Å². The van der Waals surface area contributed by atoms with E-state index in [-0.39, 0.29) is 28.3 Å². The Bertz CT molecular complexity index is 1500. The Balaban J connectivity index is 1.84. The fourth-order valence-corrected chi connectivity index (χ4v) is 4.63. The third-order valence-electron chi connectivity index (χ3n) is 5.45. The maximum absolute atomic E-state index is 13.6. The molecule has 0 fully saturated rings. The molecular weight excluding hydrogens is 565 g/mol. The van der Waals surface area contributed by atoms with E-state index >= 15 is 0 Å². The van der Waals surface area contributed by atoms with Gasteiger partial charge in [0.25, 0.3) is 0 Å². The summed E-state index contributed by atoms with van der Waals surface area (Å²) in [7, 11) is 0. The van der Waals surface area contributed by atoms with Crippen LogP contribution >= 0.6 is 15.9 Å². The highest BCUT2D eigenvalue weighted by atomic mass is 79.9. The van der Waals surface area contributed by atoms with E-state index in [0.717, 1.165) is 24.5 Å². The van der Waals surface area contributed by atoms with Gasteiger partial charge in [0.2, 0.25) is 5.82 Å². The third kappa shape index (κ3) is 4.98. The zero-order valence-electron chi connectivity index (χ0n) is 18.9. The van der Waals surface area contributed by atoms with Gasteiger partial charge < -0.3 is 11.1 Å². The van der Waals surface area contributed by atoms with Crippen LogP contribution in [0.15, 0.2) is 58.4 Å². The smallest absolute Gasteiger partial charge is 0.382 e. The summed E-state index contributed by atoms with van der Waals surface area (Å²) in [6, 6.07) is 3.22. The number of fused-ring (bicyclic) bond motifs is 1. The molecule has 4 aromatic rings. The summed E-state index contributed by atoms with van der Waals surface area (Å²) in [4.78, 5) is 10.9. The Morgan fingerprint density at radius 2 is 1.92 bits per heavy atom. The van der Waals surface area contributed by atoms with E-state index in [1.54, 1.807) is 0 Å². The van der Waals surface area contributed by atoms with Gasteiger partial charge in [0.05, 0.1) is 15.9 Å². The van der Waals surface area contributed by atoms with Crippen molar-refractivity contribution in [3.05, 3.63) is 76.4 Å². The second-order valence-electron chi connectivity index (χ2n) is 7.69. The van der Waals surface area contributed by atoms with Crippen molar-refractivity contribution in [1.29, 1.82) is 5.53 Å². The number of aromatic nitrogens is 5. The number of alkyl halides is 3. The first kappa shape index (κ1) is 26.1. The van der Waals surface area contributed by atoms with Crippen molar-refractivity contribution >= 4 is 33.0 Å².